The van der Waals surface area contributed by atoms with Gasteiger partial charge in [-0.15, -0.1) is 0 Å². The molecule has 1 atom stereocenters. The van der Waals surface area contributed by atoms with Crippen molar-refractivity contribution in [3.8, 4) is 0 Å². The number of carbonyl (C=O) groups excluding carboxylic acids is 1. The van der Waals surface area contributed by atoms with Gasteiger partial charge in [0.15, 0.2) is 0 Å². The van der Waals surface area contributed by atoms with Crippen molar-refractivity contribution in [2.24, 2.45) is 0 Å². The summed E-state index contributed by atoms with van der Waals surface area (Å²) in [5.41, 5.74) is 1.60. The minimum absolute atomic E-state index is 0.0150. The smallest absolute Gasteiger partial charge is 0.251 e. The average Bonchev–Trinajstić information content (AvgIpc) is 2.40. The number of rotatable bonds is 8. The van der Waals surface area contributed by atoms with Crippen LogP contribution < -0.4 is 5.32 Å². The number of hydrogen-bond donors (Lipinski definition) is 2. The van der Waals surface area contributed by atoms with E-state index in [0.29, 0.717) is 25.2 Å². The minimum atomic E-state index is -0.179. The van der Waals surface area contributed by atoms with E-state index in [1.807, 2.05) is 12.1 Å². The number of ether oxygens (including phenoxy) is 2. The summed E-state index contributed by atoms with van der Waals surface area (Å²) < 4.78 is 10.0. The van der Waals surface area contributed by atoms with Crippen molar-refractivity contribution < 1.29 is 19.4 Å². The van der Waals surface area contributed by atoms with Crippen molar-refractivity contribution in [3.63, 3.8) is 0 Å². The van der Waals surface area contributed by atoms with Gasteiger partial charge in [-0.3, -0.25) is 4.79 Å². The zero-order valence-corrected chi connectivity index (χ0v) is 11.4. The van der Waals surface area contributed by atoms with Gasteiger partial charge >= 0.3 is 0 Å². The molecule has 0 aromatic heterocycles. The van der Waals surface area contributed by atoms with Gasteiger partial charge in [-0.2, -0.15) is 0 Å². The molecule has 0 saturated carbocycles. The number of nitrogens with one attached hydrogen (secondary N) is 1. The molecule has 5 heteroatoms. The lowest BCUT2D eigenvalue weighted by molar-refractivity contribution is 0.0878. The Morgan fingerprint density at radius 3 is 2.47 bits per heavy atom. The van der Waals surface area contributed by atoms with Crippen LogP contribution in [-0.4, -0.2) is 44.5 Å². The Hall–Kier alpha value is -1.43. The Labute approximate surface area is 113 Å². The number of carbonyl (C=O) groups is 1. The molecular weight excluding hydrogens is 246 g/mol. The van der Waals surface area contributed by atoms with Crippen LogP contribution in [0.4, 0.5) is 0 Å². The molecular formula is C14H21NO4. The molecule has 106 valence electrons. The van der Waals surface area contributed by atoms with Gasteiger partial charge in [0.1, 0.15) is 0 Å². The minimum Gasteiger partial charge on any atom is -0.396 e. The first kappa shape index (κ1) is 15.6. The van der Waals surface area contributed by atoms with Gasteiger partial charge in [-0.25, -0.2) is 0 Å². The molecule has 0 heterocycles. The van der Waals surface area contributed by atoms with Gasteiger partial charge in [0.2, 0.25) is 0 Å². The third-order valence-corrected chi connectivity index (χ3v) is 2.71. The summed E-state index contributed by atoms with van der Waals surface area (Å²) in [4.78, 5) is 12.0. The molecule has 1 unspecified atom stereocenters. The summed E-state index contributed by atoms with van der Waals surface area (Å²) in [6.45, 7) is 0.924. The van der Waals surface area contributed by atoms with E-state index in [9.17, 15) is 4.79 Å². The van der Waals surface area contributed by atoms with E-state index < -0.39 is 0 Å². The molecule has 1 amide bonds. The van der Waals surface area contributed by atoms with Crippen molar-refractivity contribution in [1.82, 2.24) is 5.32 Å². The van der Waals surface area contributed by atoms with Crippen LogP contribution in [0.5, 0.6) is 0 Å². The molecule has 1 rings (SSSR count). The molecule has 0 aliphatic rings. The molecule has 0 aliphatic heterocycles. The third kappa shape index (κ3) is 5.38. The number of aliphatic hydroxyl groups excluding tert-OH is 1. The Kier molecular flexibility index (Phi) is 7.10. The fourth-order valence-corrected chi connectivity index (χ4v) is 1.74. The SMILES string of the molecule is COCc1ccc(C(=O)NC(CCO)COC)cc1. The Bertz CT molecular complexity index is 372. The highest BCUT2D eigenvalue weighted by Crippen LogP contribution is 2.06. The predicted octanol–water partition coefficient (Wildman–Crippen LogP) is 0.960. The molecule has 0 spiro atoms. The fraction of sp³-hybridized carbons (Fsp3) is 0.500. The van der Waals surface area contributed by atoms with Gasteiger partial charge < -0.3 is 19.9 Å². The summed E-state index contributed by atoms with van der Waals surface area (Å²) in [5.74, 6) is -0.167. The van der Waals surface area contributed by atoms with Crippen LogP contribution >= 0.6 is 0 Å². The molecule has 0 radical (unpaired) electrons. The van der Waals surface area contributed by atoms with Crippen LogP contribution in [0.15, 0.2) is 24.3 Å². The second-order valence-corrected chi connectivity index (χ2v) is 4.27. The van der Waals surface area contributed by atoms with Crippen molar-refractivity contribution >= 4 is 5.91 Å². The summed E-state index contributed by atoms with van der Waals surface area (Å²) in [6.07, 6.45) is 0.474. The highest BCUT2D eigenvalue weighted by Gasteiger charge is 2.13. The van der Waals surface area contributed by atoms with Gasteiger partial charge in [-0.1, -0.05) is 12.1 Å². The lowest BCUT2D eigenvalue weighted by atomic mass is 10.1. The predicted molar refractivity (Wildman–Crippen MR) is 72.0 cm³/mol. The maximum absolute atomic E-state index is 12.0. The summed E-state index contributed by atoms with van der Waals surface area (Å²) in [7, 11) is 3.20. The van der Waals surface area contributed by atoms with E-state index in [1.54, 1.807) is 26.4 Å². The summed E-state index contributed by atoms with van der Waals surface area (Å²) in [6, 6.07) is 7.05. The van der Waals surface area contributed by atoms with Crippen molar-refractivity contribution in [2.45, 2.75) is 19.1 Å². The first-order valence-electron chi connectivity index (χ1n) is 6.19. The van der Waals surface area contributed by atoms with E-state index in [-0.39, 0.29) is 18.6 Å². The van der Waals surface area contributed by atoms with Crippen LogP contribution in [0.2, 0.25) is 0 Å². The van der Waals surface area contributed by atoms with E-state index in [4.69, 9.17) is 14.6 Å². The van der Waals surface area contributed by atoms with Gasteiger partial charge in [-0.05, 0) is 24.1 Å². The third-order valence-electron chi connectivity index (χ3n) is 2.71. The normalized spacial score (nSPS) is 12.2. The molecule has 0 fully saturated rings. The Morgan fingerprint density at radius 1 is 1.26 bits per heavy atom. The maximum Gasteiger partial charge on any atom is 0.251 e. The number of aliphatic hydroxyl groups is 1. The molecule has 1 aromatic rings. The van der Waals surface area contributed by atoms with Crippen LogP contribution in [0, 0.1) is 0 Å². The highest BCUT2D eigenvalue weighted by atomic mass is 16.5. The monoisotopic (exact) mass is 267 g/mol. The summed E-state index contributed by atoms with van der Waals surface area (Å²) in [5, 5.41) is 11.8. The van der Waals surface area contributed by atoms with Crippen molar-refractivity contribution in [2.75, 3.05) is 27.4 Å². The number of methoxy groups -OCH3 is 2. The largest absolute Gasteiger partial charge is 0.396 e. The Morgan fingerprint density at radius 2 is 1.95 bits per heavy atom. The fourth-order valence-electron chi connectivity index (χ4n) is 1.74. The van der Waals surface area contributed by atoms with Crippen LogP contribution in [0.25, 0.3) is 0 Å². The average molecular weight is 267 g/mol. The standard InChI is InChI=1S/C14H21NO4/c1-18-9-11-3-5-12(6-4-11)14(17)15-13(7-8-16)10-19-2/h3-6,13,16H,7-10H2,1-2H3,(H,15,17). The first-order chi connectivity index (χ1) is 9.21. The van der Waals surface area contributed by atoms with Crippen molar-refractivity contribution in [3.05, 3.63) is 35.4 Å². The zero-order chi connectivity index (χ0) is 14.1. The molecule has 0 saturated heterocycles. The van der Waals surface area contributed by atoms with Crippen LogP contribution in [0.1, 0.15) is 22.3 Å². The Balaban J connectivity index is 2.60. The number of benzene rings is 1. The second-order valence-electron chi connectivity index (χ2n) is 4.27. The zero-order valence-electron chi connectivity index (χ0n) is 11.4. The molecule has 5 nitrogen and oxygen atoms in total. The van der Waals surface area contributed by atoms with Gasteiger partial charge in [0.05, 0.1) is 19.3 Å². The molecule has 2 N–H and O–H groups in total. The highest BCUT2D eigenvalue weighted by molar-refractivity contribution is 5.94. The van der Waals surface area contributed by atoms with Crippen LogP contribution in [0.3, 0.4) is 0 Å². The first-order valence-corrected chi connectivity index (χ1v) is 6.19. The maximum atomic E-state index is 12.0. The topological polar surface area (TPSA) is 67.8 Å². The molecule has 0 aliphatic carbocycles. The van der Waals surface area contributed by atoms with Crippen molar-refractivity contribution in [1.29, 1.82) is 0 Å². The lowest BCUT2D eigenvalue weighted by Gasteiger charge is -2.16. The quantitative estimate of drug-likeness (QED) is 0.736. The lowest BCUT2D eigenvalue weighted by Crippen LogP contribution is -2.38. The van der Waals surface area contributed by atoms with E-state index in [0.717, 1.165) is 5.56 Å². The summed E-state index contributed by atoms with van der Waals surface area (Å²) >= 11 is 0. The second kappa shape index (κ2) is 8.63. The van der Waals surface area contributed by atoms with Gasteiger partial charge in [0.25, 0.3) is 5.91 Å². The van der Waals surface area contributed by atoms with E-state index in [2.05, 4.69) is 5.32 Å². The number of amides is 1. The number of hydrogen-bond acceptors (Lipinski definition) is 4. The van der Waals surface area contributed by atoms with E-state index in [1.165, 1.54) is 0 Å². The van der Waals surface area contributed by atoms with E-state index >= 15 is 0 Å². The molecule has 0 bridgehead atoms. The molecule has 1 aromatic carbocycles. The van der Waals surface area contributed by atoms with Crippen LogP contribution in [-0.2, 0) is 16.1 Å². The molecule has 19 heavy (non-hydrogen) atoms. The van der Waals surface area contributed by atoms with Gasteiger partial charge in [0, 0.05) is 26.4 Å².